The van der Waals surface area contributed by atoms with Crippen LogP contribution in [-0.2, 0) is 10.2 Å². The van der Waals surface area contributed by atoms with Gasteiger partial charge < -0.3 is 10.2 Å². The second-order valence-corrected chi connectivity index (χ2v) is 5.96. The average molecular weight is 262 g/mol. The molecule has 0 unspecified atom stereocenters. The Kier molecular flexibility index (Phi) is 5.55. The lowest BCUT2D eigenvalue weighted by atomic mass is 9.87. The normalized spacial score (nSPS) is 11.4. The van der Waals surface area contributed by atoms with Crippen LogP contribution in [0.2, 0.25) is 0 Å². The Bertz CT molecular complexity index is 404. The number of nitrogens with zero attached hydrogens (tertiary/aromatic N) is 1. The van der Waals surface area contributed by atoms with E-state index < -0.39 is 0 Å². The van der Waals surface area contributed by atoms with Crippen LogP contribution in [0.1, 0.15) is 39.2 Å². The maximum absolute atomic E-state index is 12.0. The minimum Gasteiger partial charge on any atom is -0.320 e. The van der Waals surface area contributed by atoms with Crippen molar-refractivity contribution in [2.75, 3.05) is 25.5 Å². The van der Waals surface area contributed by atoms with Crippen LogP contribution in [0.5, 0.6) is 0 Å². The molecule has 0 saturated carbocycles. The van der Waals surface area contributed by atoms with Gasteiger partial charge in [0, 0.05) is 19.2 Å². The Hall–Kier alpha value is -1.35. The maximum Gasteiger partial charge on any atom is 0.226 e. The summed E-state index contributed by atoms with van der Waals surface area (Å²) in [4.78, 5) is 13.7. The fourth-order valence-corrected chi connectivity index (χ4v) is 1.91. The molecule has 0 saturated heterocycles. The number of benzene rings is 1. The van der Waals surface area contributed by atoms with Gasteiger partial charge in [0.15, 0.2) is 0 Å². The molecule has 1 rings (SSSR count). The molecule has 1 aromatic rings. The van der Waals surface area contributed by atoms with Gasteiger partial charge in [-0.05, 0) is 43.1 Å². The summed E-state index contributed by atoms with van der Waals surface area (Å²) in [7, 11) is 3.74. The number of nitrogens with one attached hydrogen (secondary N) is 1. The van der Waals surface area contributed by atoms with Crippen LogP contribution in [-0.4, -0.2) is 26.5 Å². The van der Waals surface area contributed by atoms with Crippen LogP contribution in [0.15, 0.2) is 24.3 Å². The highest BCUT2D eigenvalue weighted by molar-refractivity contribution is 5.92. The lowest BCUT2D eigenvalue weighted by Gasteiger charge is -2.22. The summed E-state index contributed by atoms with van der Waals surface area (Å²) in [6.45, 7) is 7.44. The molecule has 19 heavy (non-hydrogen) atoms. The Morgan fingerprint density at radius 1 is 1.21 bits per heavy atom. The van der Waals surface area contributed by atoms with E-state index >= 15 is 0 Å². The summed E-state index contributed by atoms with van der Waals surface area (Å²) >= 11 is 0. The molecule has 0 aliphatic heterocycles. The zero-order valence-electron chi connectivity index (χ0n) is 12.8. The second-order valence-electron chi connectivity index (χ2n) is 5.96. The van der Waals surface area contributed by atoms with E-state index in [0.717, 1.165) is 18.7 Å². The smallest absolute Gasteiger partial charge is 0.226 e. The van der Waals surface area contributed by atoms with Gasteiger partial charge in [0.25, 0.3) is 0 Å². The summed E-state index contributed by atoms with van der Waals surface area (Å²) in [5, 5.41) is 3.06. The lowest BCUT2D eigenvalue weighted by molar-refractivity contribution is -0.118. The van der Waals surface area contributed by atoms with Crippen molar-refractivity contribution in [3.05, 3.63) is 29.8 Å². The lowest BCUT2D eigenvalue weighted by Crippen LogP contribution is -2.26. The van der Waals surface area contributed by atoms with E-state index in [2.05, 4.69) is 38.2 Å². The van der Waals surface area contributed by atoms with Gasteiger partial charge in [0.2, 0.25) is 5.91 Å². The second kappa shape index (κ2) is 6.71. The van der Waals surface area contributed by atoms with Crippen molar-refractivity contribution in [3.63, 3.8) is 0 Å². The van der Waals surface area contributed by atoms with Crippen LogP contribution >= 0.6 is 0 Å². The SMILES string of the molecule is CNCCCC(=O)N(C)c1ccc(C(C)(C)C)cc1. The number of amides is 1. The largest absolute Gasteiger partial charge is 0.320 e. The van der Waals surface area contributed by atoms with Crippen molar-refractivity contribution in [2.45, 2.75) is 39.0 Å². The molecule has 3 nitrogen and oxygen atoms in total. The van der Waals surface area contributed by atoms with E-state index in [1.54, 1.807) is 4.90 Å². The summed E-state index contributed by atoms with van der Waals surface area (Å²) in [5.74, 6) is 0.166. The number of rotatable bonds is 5. The van der Waals surface area contributed by atoms with Gasteiger partial charge in [-0.15, -0.1) is 0 Å². The summed E-state index contributed by atoms with van der Waals surface area (Å²) < 4.78 is 0. The zero-order chi connectivity index (χ0) is 14.5. The molecule has 0 fully saturated rings. The molecule has 3 heteroatoms. The third-order valence-corrected chi connectivity index (χ3v) is 3.31. The molecule has 0 aromatic heterocycles. The first kappa shape index (κ1) is 15.7. The standard InChI is InChI=1S/C16H26N2O/c1-16(2,3)13-8-10-14(11-9-13)18(5)15(19)7-6-12-17-4/h8-11,17H,6-7,12H2,1-5H3. The predicted octanol–water partition coefficient (Wildman–Crippen LogP) is 2.95. The predicted molar refractivity (Wildman–Crippen MR) is 81.7 cm³/mol. The minimum atomic E-state index is 0.147. The first-order valence-electron chi connectivity index (χ1n) is 6.88. The van der Waals surface area contributed by atoms with Crippen LogP contribution in [0.3, 0.4) is 0 Å². The van der Waals surface area contributed by atoms with Crippen molar-refractivity contribution < 1.29 is 4.79 Å². The van der Waals surface area contributed by atoms with E-state index in [9.17, 15) is 4.79 Å². The van der Waals surface area contributed by atoms with Crippen molar-refractivity contribution in [1.82, 2.24) is 5.32 Å². The Morgan fingerprint density at radius 3 is 2.26 bits per heavy atom. The summed E-state index contributed by atoms with van der Waals surface area (Å²) in [6, 6.07) is 8.26. The van der Waals surface area contributed by atoms with Gasteiger partial charge in [0.05, 0.1) is 0 Å². The van der Waals surface area contributed by atoms with Crippen LogP contribution in [0, 0.1) is 0 Å². The number of hydrogen-bond donors (Lipinski definition) is 1. The van der Waals surface area contributed by atoms with E-state index in [4.69, 9.17) is 0 Å². The summed E-state index contributed by atoms with van der Waals surface area (Å²) in [6.07, 6.45) is 1.46. The van der Waals surface area contributed by atoms with Gasteiger partial charge in [-0.25, -0.2) is 0 Å². The molecule has 0 atom stereocenters. The van der Waals surface area contributed by atoms with E-state index in [0.29, 0.717) is 6.42 Å². The first-order chi connectivity index (χ1) is 8.86. The molecular weight excluding hydrogens is 236 g/mol. The molecular formula is C16H26N2O. The van der Waals surface area contributed by atoms with Crippen LogP contribution in [0.25, 0.3) is 0 Å². The van der Waals surface area contributed by atoms with Gasteiger partial charge >= 0.3 is 0 Å². The van der Waals surface area contributed by atoms with Crippen molar-refractivity contribution in [1.29, 1.82) is 0 Å². The van der Waals surface area contributed by atoms with Crippen LogP contribution in [0.4, 0.5) is 5.69 Å². The Morgan fingerprint density at radius 2 is 1.79 bits per heavy atom. The molecule has 1 N–H and O–H groups in total. The topological polar surface area (TPSA) is 32.3 Å². The Balaban J connectivity index is 2.67. The van der Waals surface area contributed by atoms with E-state index in [1.807, 2.05) is 26.2 Å². The molecule has 1 amide bonds. The number of anilines is 1. The fourth-order valence-electron chi connectivity index (χ4n) is 1.91. The number of carbonyl (C=O) groups excluding carboxylic acids is 1. The molecule has 1 aromatic carbocycles. The van der Waals surface area contributed by atoms with Crippen molar-refractivity contribution in [2.24, 2.45) is 0 Å². The maximum atomic E-state index is 12.0. The number of carbonyl (C=O) groups is 1. The Labute approximate surface area is 117 Å². The highest BCUT2D eigenvalue weighted by Gasteiger charge is 2.15. The molecule has 0 aliphatic rings. The zero-order valence-corrected chi connectivity index (χ0v) is 12.8. The fraction of sp³-hybridized carbons (Fsp3) is 0.562. The third-order valence-electron chi connectivity index (χ3n) is 3.31. The van der Waals surface area contributed by atoms with E-state index in [1.165, 1.54) is 5.56 Å². The molecule has 0 aliphatic carbocycles. The van der Waals surface area contributed by atoms with Gasteiger partial charge in [-0.1, -0.05) is 32.9 Å². The molecule has 0 heterocycles. The summed E-state index contributed by atoms with van der Waals surface area (Å²) in [5.41, 5.74) is 2.39. The third kappa shape index (κ3) is 4.67. The molecule has 106 valence electrons. The van der Waals surface area contributed by atoms with Gasteiger partial charge in [0.1, 0.15) is 0 Å². The van der Waals surface area contributed by atoms with Crippen molar-refractivity contribution >= 4 is 11.6 Å². The number of hydrogen-bond acceptors (Lipinski definition) is 2. The minimum absolute atomic E-state index is 0.147. The van der Waals surface area contributed by atoms with Crippen LogP contribution < -0.4 is 10.2 Å². The van der Waals surface area contributed by atoms with Gasteiger partial charge in [-0.2, -0.15) is 0 Å². The van der Waals surface area contributed by atoms with Crippen molar-refractivity contribution in [3.8, 4) is 0 Å². The highest BCUT2D eigenvalue weighted by Crippen LogP contribution is 2.24. The van der Waals surface area contributed by atoms with E-state index in [-0.39, 0.29) is 11.3 Å². The monoisotopic (exact) mass is 262 g/mol. The molecule has 0 radical (unpaired) electrons. The van der Waals surface area contributed by atoms with Gasteiger partial charge in [-0.3, -0.25) is 4.79 Å². The highest BCUT2D eigenvalue weighted by atomic mass is 16.2. The average Bonchev–Trinajstić information content (AvgIpc) is 2.37. The molecule has 0 bridgehead atoms. The first-order valence-corrected chi connectivity index (χ1v) is 6.88. The quantitative estimate of drug-likeness (QED) is 0.827. The molecule has 0 spiro atoms.